The molecule has 0 spiro atoms. The average Bonchev–Trinajstić information content (AvgIpc) is 2.45. The van der Waals surface area contributed by atoms with Crippen LogP contribution in [0.2, 0.25) is 0 Å². The Morgan fingerprint density at radius 3 is 2.17 bits per heavy atom. The number of benzene rings is 2. The van der Waals surface area contributed by atoms with E-state index in [-0.39, 0.29) is 0 Å². The normalized spacial score (nSPS) is 8.44. The predicted molar refractivity (Wildman–Crippen MR) is 76.0 cm³/mol. The molecule has 1 nitrogen and oxygen atoms in total. The quantitative estimate of drug-likeness (QED) is 0.783. The smallest absolute Gasteiger partial charge is 0.0776 e. The van der Waals surface area contributed by atoms with E-state index in [2.05, 4.69) is 29.0 Å². The second-order valence-corrected chi connectivity index (χ2v) is 3.64. The van der Waals surface area contributed by atoms with Crippen LogP contribution in [-0.2, 0) is 0 Å². The number of nitrogens with one attached hydrogen (secondary N) is 1. The SMILES string of the molecule is C(C#Cc1ccccc1)#CCNc1ccccc1. The summed E-state index contributed by atoms with van der Waals surface area (Å²) in [5, 5.41) is 3.20. The van der Waals surface area contributed by atoms with Crippen LogP contribution in [0.4, 0.5) is 5.69 Å². The third kappa shape index (κ3) is 4.08. The fourth-order valence-corrected chi connectivity index (χ4v) is 1.42. The zero-order valence-electron chi connectivity index (χ0n) is 9.98. The molecule has 0 aliphatic heterocycles. The maximum atomic E-state index is 3.20. The average molecular weight is 231 g/mol. The first-order valence-corrected chi connectivity index (χ1v) is 5.78. The molecule has 2 aromatic rings. The molecule has 0 aromatic heterocycles. The largest absolute Gasteiger partial charge is 0.374 e. The third-order valence-electron chi connectivity index (χ3n) is 2.29. The van der Waals surface area contributed by atoms with Gasteiger partial charge in [-0.15, -0.1) is 0 Å². The van der Waals surface area contributed by atoms with E-state index in [1.165, 1.54) is 0 Å². The molecule has 0 amide bonds. The lowest BCUT2D eigenvalue weighted by molar-refractivity contribution is 1.38. The summed E-state index contributed by atoms with van der Waals surface area (Å²) in [5.41, 5.74) is 2.06. The minimum absolute atomic E-state index is 0.605. The molecule has 0 aliphatic carbocycles. The van der Waals surface area contributed by atoms with E-state index >= 15 is 0 Å². The molecule has 1 heteroatoms. The van der Waals surface area contributed by atoms with Crippen LogP contribution in [-0.4, -0.2) is 6.54 Å². The second kappa shape index (κ2) is 6.84. The summed E-state index contributed by atoms with van der Waals surface area (Å²) in [7, 11) is 0. The van der Waals surface area contributed by atoms with E-state index in [4.69, 9.17) is 0 Å². The summed E-state index contributed by atoms with van der Waals surface area (Å²) in [5.74, 6) is 11.6. The lowest BCUT2D eigenvalue weighted by atomic mass is 10.2. The van der Waals surface area contributed by atoms with Crippen LogP contribution in [0.5, 0.6) is 0 Å². The van der Waals surface area contributed by atoms with E-state index in [1.54, 1.807) is 0 Å². The first-order valence-electron chi connectivity index (χ1n) is 5.78. The molecule has 0 bridgehead atoms. The van der Waals surface area contributed by atoms with Gasteiger partial charge in [0.2, 0.25) is 0 Å². The van der Waals surface area contributed by atoms with Crippen molar-refractivity contribution in [1.29, 1.82) is 0 Å². The Hall–Kier alpha value is -2.64. The van der Waals surface area contributed by atoms with Gasteiger partial charge in [0.05, 0.1) is 6.54 Å². The zero-order chi connectivity index (χ0) is 12.5. The molecule has 18 heavy (non-hydrogen) atoms. The number of hydrogen-bond acceptors (Lipinski definition) is 1. The van der Waals surface area contributed by atoms with Crippen molar-refractivity contribution in [1.82, 2.24) is 0 Å². The molecule has 0 fully saturated rings. The van der Waals surface area contributed by atoms with Crippen molar-refractivity contribution in [3.63, 3.8) is 0 Å². The van der Waals surface area contributed by atoms with E-state index < -0.39 is 0 Å². The fourth-order valence-electron chi connectivity index (χ4n) is 1.42. The Balaban J connectivity index is 1.82. The van der Waals surface area contributed by atoms with Crippen LogP contribution in [0.3, 0.4) is 0 Å². The Labute approximate surface area is 108 Å². The standard InChI is InChI=1S/C17H13N/c1-4-10-16(11-5-1)12-6-3-9-15-18-17-13-7-2-8-14-17/h1-2,4-5,7-8,10-11,13-14,18H,15H2. The topological polar surface area (TPSA) is 12.0 Å². The van der Waals surface area contributed by atoms with E-state index in [1.807, 2.05) is 60.7 Å². The van der Waals surface area contributed by atoms with Gasteiger partial charge in [-0.25, -0.2) is 0 Å². The molecule has 2 aromatic carbocycles. The molecule has 2 rings (SSSR count). The monoisotopic (exact) mass is 231 g/mol. The van der Waals surface area contributed by atoms with Gasteiger partial charge in [-0.2, -0.15) is 0 Å². The summed E-state index contributed by atoms with van der Waals surface area (Å²) in [6.45, 7) is 0.605. The summed E-state index contributed by atoms with van der Waals surface area (Å²) < 4.78 is 0. The first kappa shape index (κ1) is 11.8. The van der Waals surface area contributed by atoms with Crippen LogP contribution in [0, 0.1) is 23.7 Å². The van der Waals surface area contributed by atoms with Crippen LogP contribution in [0.25, 0.3) is 0 Å². The molecule has 0 atom stereocenters. The molecule has 0 saturated carbocycles. The van der Waals surface area contributed by atoms with Crippen molar-refractivity contribution in [2.45, 2.75) is 0 Å². The number of anilines is 1. The number of para-hydroxylation sites is 1. The van der Waals surface area contributed by atoms with E-state index in [0.29, 0.717) is 6.54 Å². The van der Waals surface area contributed by atoms with E-state index in [0.717, 1.165) is 11.3 Å². The third-order valence-corrected chi connectivity index (χ3v) is 2.29. The van der Waals surface area contributed by atoms with Gasteiger partial charge in [-0.05, 0) is 36.1 Å². The Morgan fingerprint density at radius 1 is 0.778 bits per heavy atom. The van der Waals surface area contributed by atoms with Crippen molar-refractivity contribution in [2.75, 3.05) is 11.9 Å². The molecule has 0 unspecified atom stereocenters. The highest BCUT2D eigenvalue weighted by Gasteiger charge is 1.84. The molecule has 0 radical (unpaired) electrons. The Morgan fingerprint density at radius 2 is 1.44 bits per heavy atom. The van der Waals surface area contributed by atoms with Gasteiger partial charge in [0.25, 0.3) is 0 Å². The number of rotatable bonds is 2. The van der Waals surface area contributed by atoms with Gasteiger partial charge in [-0.3, -0.25) is 0 Å². The summed E-state index contributed by atoms with van der Waals surface area (Å²) in [6.07, 6.45) is 0. The van der Waals surface area contributed by atoms with Crippen LogP contribution >= 0.6 is 0 Å². The summed E-state index contributed by atoms with van der Waals surface area (Å²) in [6, 6.07) is 19.8. The molecule has 86 valence electrons. The van der Waals surface area contributed by atoms with Crippen molar-refractivity contribution in [3.8, 4) is 23.7 Å². The lowest BCUT2D eigenvalue weighted by Gasteiger charge is -1.99. The van der Waals surface area contributed by atoms with Crippen molar-refractivity contribution in [3.05, 3.63) is 66.2 Å². The highest BCUT2D eigenvalue weighted by molar-refractivity contribution is 5.44. The van der Waals surface area contributed by atoms with Gasteiger partial charge in [0.1, 0.15) is 0 Å². The van der Waals surface area contributed by atoms with Crippen molar-refractivity contribution < 1.29 is 0 Å². The first-order chi connectivity index (χ1) is 8.95. The Bertz CT molecular complexity index is 592. The highest BCUT2D eigenvalue weighted by atomic mass is 14.8. The van der Waals surface area contributed by atoms with Crippen LogP contribution in [0.1, 0.15) is 5.56 Å². The minimum atomic E-state index is 0.605. The molecule has 0 aliphatic rings. The predicted octanol–water partition coefficient (Wildman–Crippen LogP) is 3.15. The van der Waals surface area contributed by atoms with Gasteiger partial charge < -0.3 is 5.32 Å². The second-order valence-electron chi connectivity index (χ2n) is 3.64. The van der Waals surface area contributed by atoms with Gasteiger partial charge in [0, 0.05) is 11.3 Å². The molecule has 0 saturated heterocycles. The van der Waals surface area contributed by atoms with Gasteiger partial charge in [-0.1, -0.05) is 48.2 Å². The maximum absolute atomic E-state index is 3.20. The molecular weight excluding hydrogens is 218 g/mol. The molecular formula is C17H13N. The maximum Gasteiger partial charge on any atom is 0.0776 e. The van der Waals surface area contributed by atoms with Crippen LogP contribution in [0.15, 0.2) is 60.7 Å². The van der Waals surface area contributed by atoms with Gasteiger partial charge in [0.15, 0.2) is 0 Å². The number of hydrogen-bond donors (Lipinski definition) is 1. The summed E-state index contributed by atoms with van der Waals surface area (Å²) in [4.78, 5) is 0. The molecule has 1 N–H and O–H groups in total. The van der Waals surface area contributed by atoms with E-state index in [9.17, 15) is 0 Å². The minimum Gasteiger partial charge on any atom is -0.374 e. The summed E-state index contributed by atoms with van der Waals surface area (Å²) >= 11 is 0. The van der Waals surface area contributed by atoms with Crippen molar-refractivity contribution >= 4 is 5.69 Å². The van der Waals surface area contributed by atoms with Crippen LogP contribution < -0.4 is 5.32 Å². The highest BCUT2D eigenvalue weighted by Crippen LogP contribution is 2.03. The molecule has 0 heterocycles. The Kier molecular flexibility index (Phi) is 4.50. The zero-order valence-corrected chi connectivity index (χ0v) is 9.98. The van der Waals surface area contributed by atoms with Gasteiger partial charge >= 0.3 is 0 Å². The fraction of sp³-hybridized carbons (Fsp3) is 0.0588. The lowest BCUT2D eigenvalue weighted by Crippen LogP contribution is -1.97. The van der Waals surface area contributed by atoms with Crippen molar-refractivity contribution in [2.24, 2.45) is 0 Å².